The number of benzene rings is 4. The van der Waals surface area contributed by atoms with Crippen LogP contribution in [0.5, 0.6) is 11.5 Å². The van der Waals surface area contributed by atoms with E-state index in [0.717, 1.165) is 55.5 Å². The van der Waals surface area contributed by atoms with Crippen LogP contribution in [0.3, 0.4) is 0 Å². The van der Waals surface area contributed by atoms with E-state index in [9.17, 15) is 0 Å². The van der Waals surface area contributed by atoms with E-state index in [0.29, 0.717) is 29.1 Å². The number of nitrogens with zero attached hydrogens (tertiary/aromatic N) is 4. The molecule has 47 heavy (non-hydrogen) atoms. The van der Waals surface area contributed by atoms with Crippen LogP contribution in [0.25, 0.3) is 66.7 Å². The zero-order chi connectivity index (χ0) is 31.8. The van der Waals surface area contributed by atoms with Crippen LogP contribution in [-0.4, -0.2) is 19.1 Å². The molecule has 0 radical (unpaired) electrons. The van der Waals surface area contributed by atoms with Crippen molar-refractivity contribution in [2.24, 2.45) is 0 Å². The molecule has 0 aliphatic carbocycles. The summed E-state index contributed by atoms with van der Waals surface area (Å²) in [6.45, 7) is 8.87. The quantitative estimate of drug-likeness (QED) is 0.186. The van der Waals surface area contributed by atoms with E-state index in [1.54, 1.807) is 0 Å². The molecule has 0 bridgehead atoms. The van der Waals surface area contributed by atoms with Crippen molar-refractivity contribution in [1.82, 2.24) is 19.1 Å². The van der Waals surface area contributed by atoms with Crippen LogP contribution in [0.15, 0.2) is 118 Å². The number of para-hydroxylation sites is 2. The second-order valence-corrected chi connectivity index (χ2v) is 12.7. The molecule has 230 valence electrons. The Balaban J connectivity index is 1.16. The molecule has 0 aliphatic heterocycles. The standard InChI is InChI=1S/C40H32N4O3/c1-23(2)27-11-9-12-28(24(3)4)38(27)43-22-42-37-36-31-20-25(16-18-34(31)46-40(36)47-39(37)43)45-26-15-17-30-29-10-5-6-13-32(29)44(33(30)21-26)35-14-7-8-19-41-35/h5-24H,1-4H3. The number of furan rings is 2. The van der Waals surface area contributed by atoms with E-state index in [1.807, 2.05) is 55.0 Å². The van der Waals surface area contributed by atoms with Gasteiger partial charge in [0, 0.05) is 28.4 Å². The Labute approximate surface area is 270 Å². The van der Waals surface area contributed by atoms with Gasteiger partial charge in [-0.15, -0.1) is 0 Å². The molecule has 4 aromatic carbocycles. The third-order valence-electron chi connectivity index (χ3n) is 9.12. The lowest BCUT2D eigenvalue weighted by Gasteiger charge is -2.19. The summed E-state index contributed by atoms with van der Waals surface area (Å²) in [5.41, 5.74) is 7.92. The maximum Gasteiger partial charge on any atom is 0.302 e. The van der Waals surface area contributed by atoms with Gasteiger partial charge < -0.3 is 13.6 Å². The molecule has 0 N–H and O–H groups in total. The Morgan fingerprint density at radius 3 is 2.19 bits per heavy atom. The third-order valence-corrected chi connectivity index (χ3v) is 9.12. The lowest BCUT2D eigenvalue weighted by molar-refractivity contribution is 0.483. The summed E-state index contributed by atoms with van der Waals surface area (Å²) >= 11 is 0. The minimum Gasteiger partial charge on any atom is -0.457 e. The minimum atomic E-state index is 0.337. The molecule has 5 aromatic heterocycles. The molecule has 0 aliphatic rings. The van der Waals surface area contributed by atoms with Gasteiger partial charge in [0.2, 0.25) is 5.71 Å². The van der Waals surface area contributed by atoms with Crippen molar-refractivity contribution in [3.8, 4) is 23.0 Å². The molecule has 7 nitrogen and oxygen atoms in total. The molecule has 0 spiro atoms. The Bertz CT molecular complexity index is 2590. The summed E-state index contributed by atoms with van der Waals surface area (Å²) in [6.07, 6.45) is 3.69. The predicted octanol–water partition coefficient (Wildman–Crippen LogP) is 11.0. The van der Waals surface area contributed by atoms with E-state index >= 15 is 0 Å². The zero-order valence-electron chi connectivity index (χ0n) is 26.6. The molecule has 7 heteroatoms. The van der Waals surface area contributed by atoms with Crippen molar-refractivity contribution >= 4 is 55.2 Å². The van der Waals surface area contributed by atoms with E-state index in [2.05, 4.69) is 96.4 Å². The topological polar surface area (TPSA) is 71.2 Å². The zero-order valence-corrected chi connectivity index (χ0v) is 26.6. The SMILES string of the molecule is CC(C)c1cccc(C(C)C)c1-n1cnc2c3c(oc4ccc(Oc5ccc6c7ccccc7n(-c7ccccn7)c6c5)cc43)oc21. The number of fused-ring (bicyclic) bond motifs is 8. The number of hydrogen-bond acceptors (Lipinski definition) is 5. The Hall–Kier alpha value is -5.82. The van der Waals surface area contributed by atoms with Crippen LogP contribution >= 0.6 is 0 Å². The van der Waals surface area contributed by atoms with Crippen molar-refractivity contribution in [3.63, 3.8) is 0 Å². The lowest BCUT2D eigenvalue weighted by atomic mass is 9.92. The number of aromatic nitrogens is 4. The Kier molecular flexibility index (Phi) is 6.06. The molecule has 9 rings (SSSR count). The summed E-state index contributed by atoms with van der Waals surface area (Å²) in [5.74, 6) is 3.41. The van der Waals surface area contributed by atoms with Crippen molar-refractivity contribution in [3.05, 3.63) is 121 Å². The van der Waals surface area contributed by atoms with Crippen LogP contribution in [-0.2, 0) is 0 Å². The maximum atomic E-state index is 6.52. The van der Waals surface area contributed by atoms with Gasteiger partial charge in [-0.05, 0) is 71.5 Å². The molecule has 0 saturated carbocycles. The summed E-state index contributed by atoms with van der Waals surface area (Å²) in [7, 11) is 0. The summed E-state index contributed by atoms with van der Waals surface area (Å²) in [6, 6.07) is 33.0. The molecule has 5 heterocycles. The maximum absolute atomic E-state index is 6.52. The highest BCUT2D eigenvalue weighted by Gasteiger charge is 2.24. The first-order chi connectivity index (χ1) is 23.0. The summed E-state index contributed by atoms with van der Waals surface area (Å²) in [5, 5.41) is 4.05. The number of hydrogen-bond donors (Lipinski definition) is 0. The van der Waals surface area contributed by atoms with Gasteiger partial charge in [-0.1, -0.05) is 70.2 Å². The largest absolute Gasteiger partial charge is 0.457 e. The van der Waals surface area contributed by atoms with E-state index in [1.165, 1.54) is 16.5 Å². The van der Waals surface area contributed by atoms with Crippen LogP contribution in [0.1, 0.15) is 50.7 Å². The molecule has 0 fully saturated rings. The smallest absolute Gasteiger partial charge is 0.302 e. The van der Waals surface area contributed by atoms with Crippen molar-refractivity contribution in [2.75, 3.05) is 0 Å². The molecule has 0 saturated heterocycles. The van der Waals surface area contributed by atoms with E-state index in [4.69, 9.17) is 18.6 Å². The first-order valence-electron chi connectivity index (χ1n) is 16.0. The highest BCUT2D eigenvalue weighted by molar-refractivity contribution is 6.16. The fourth-order valence-corrected chi connectivity index (χ4v) is 6.94. The summed E-state index contributed by atoms with van der Waals surface area (Å²) in [4.78, 5) is 9.53. The molecule has 9 aromatic rings. The van der Waals surface area contributed by atoms with Gasteiger partial charge in [-0.2, -0.15) is 0 Å². The number of imidazole rings is 1. The second-order valence-electron chi connectivity index (χ2n) is 12.7. The van der Waals surface area contributed by atoms with Crippen molar-refractivity contribution in [2.45, 2.75) is 39.5 Å². The van der Waals surface area contributed by atoms with Crippen LogP contribution in [0.2, 0.25) is 0 Å². The Morgan fingerprint density at radius 1 is 0.660 bits per heavy atom. The molecular weight excluding hydrogens is 584 g/mol. The predicted molar refractivity (Wildman–Crippen MR) is 187 cm³/mol. The highest BCUT2D eigenvalue weighted by Crippen LogP contribution is 2.41. The highest BCUT2D eigenvalue weighted by atomic mass is 16.5. The molecular formula is C40H32N4O3. The van der Waals surface area contributed by atoms with Crippen LogP contribution < -0.4 is 4.74 Å². The second kappa shape index (κ2) is 10.4. The fourth-order valence-electron chi connectivity index (χ4n) is 6.94. The summed E-state index contributed by atoms with van der Waals surface area (Å²) < 4.78 is 23.4. The van der Waals surface area contributed by atoms with Gasteiger partial charge in [0.1, 0.15) is 34.7 Å². The molecule has 0 unspecified atom stereocenters. The minimum absolute atomic E-state index is 0.337. The Morgan fingerprint density at radius 2 is 1.40 bits per heavy atom. The first kappa shape index (κ1) is 27.5. The van der Waals surface area contributed by atoms with E-state index in [-0.39, 0.29) is 0 Å². The number of ether oxygens (including phenoxy) is 1. The fraction of sp³-hybridized carbons (Fsp3) is 0.150. The van der Waals surface area contributed by atoms with Crippen LogP contribution in [0.4, 0.5) is 0 Å². The first-order valence-corrected chi connectivity index (χ1v) is 16.0. The third kappa shape index (κ3) is 4.19. The average molecular weight is 617 g/mol. The molecule has 0 atom stereocenters. The number of rotatable bonds is 6. The van der Waals surface area contributed by atoms with Crippen LogP contribution in [0, 0.1) is 0 Å². The van der Waals surface area contributed by atoms with Gasteiger partial charge in [0.15, 0.2) is 0 Å². The van der Waals surface area contributed by atoms with Gasteiger partial charge in [-0.25, -0.2) is 9.97 Å². The van der Waals surface area contributed by atoms with Gasteiger partial charge in [0.25, 0.3) is 0 Å². The van der Waals surface area contributed by atoms with Crippen molar-refractivity contribution < 1.29 is 13.6 Å². The average Bonchev–Trinajstić information content (AvgIpc) is 3.82. The van der Waals surface area contributed by atoms with Gasteiger partial charge in [0.05, 0.1) is 22.1 Å². The normalized spacial score (nSPS) is 12.2. The van der Waals surface area contributed by atoms with E-state index < -0.39 is 0 Å². The number of pyridine rings is 1. The van der Waals surface area contributed by atoms with Gasteiger partial charge >= 0.3 is 5.78 Å². The lowest BCUT2D eigenvalue weighted by Crippen LogP contribution is -2.06. The monoisotopic (exact) mass is 616 g/mol. The molecule has 0 amide bonds. The van der Waals surface area contributed by atoms with Gasteiger partial charge in [-0.3, -0.25) is 9.13 Å². The van der Waals surface area contributed by atoms with Crippen molar-refractivity contribution in [1.29, 1.82) is 0 Å².